The van der Waals surface area contributed by atoms with Crippen LogP contribution in [0.25, 0.3) is 0 Å². The summed E-state index contributed by atoms with van der Waals surface area (Å²) in [4.78, 5) is 26.9. The maximum atomic E-state index is 12.4. The van der Waals surface area contributed by atoms with Crippen LogP contribution in [-0.4, -0.2) is 60.2 Å². The monoisotopic (exact) mass is 399 g/mol. The molecular weight excluding hydrogens is 378 g/mol. The lowest BCUT2D eigenvalue weighted by atomic mass is 10.1. The van der Waals surface area contributed by atoms with E-state index in [1.165, 1.54) is 12.1 Å². The molecule has 9 heteroatoms. The molecular formula is C20H21N3O6. The van der Waals surface area contributed by atoms with Gasteiger partial charge in [-0.25, -0.2) is 0 Å². The Morgan fingerprint density at radius 2 is 1.83 bits per heavy atom. The molecule has 0 radical (unpaired) electrons. The highest BCUT2D eigenvalue weighted by atomic mass is 16.7. The van der Waals surface area contributed by atoms with Crippen molar-refractivity contribution < 1.29 is 23.9 Å². The molecule has 9 nitrogen and oxygen atoms in total. The zero-order chi connectivity index (χ0) is 20.2. The summed E-state index contributed by atoms with van der Waals surface area (Å²) in [6.45, 7) is 3.47. The minimum atomic E-state index is -0.519. The van der Waals surface area contributed by atoms with Gasteiger partial charge in [0.2, 0.25) is 6.79 Å². The Hall–Kier alpha value is -3.33. The number of hydrogen-bond donors (Lipinski definition) is 0. The van der Waals surface area contributed by atoms with Crippen LogP contribution in [0.5, 0.6) is 17.2 Å². The molecule has 0 spiro atoms. The number of nitro groups is 1. The minimum Gasteiger partial charge on any atom is -0.477 e. The van der Waals surface area contributed by atoms with Crippen molar-refractivity contribution in [2.75, 3.05) is 39.6 Å². The molecule has 2 aromatic rings. The molecule has 1 saturated heterocycles. The average Bonchev–Trinajstić information content (AvgIpc) is 3.20. The van der Waals surface area contributed by atoms with Gasteiger partial charge in [-0.2, -0.15) is 0 Å². The Balaban J connectivity index is 1.26. The Bertz CT molecular complexity index is 911. The van der Waals surface area contributed by atoms with Gasteiger partial charge >= 0.3 is 5.69 Å². The molecule has 0 unspecified atom stereocenters. The third-order valence-corrected chi connectivity index (χ3v) is 4.98. The van der Waals surface area contributed by atoms with Crippen molar-refractivity contribution in [3.05, 3.63) is 58.1 Å². The summed E-state index contributed by atoms with van der Waals surface area (Å²) in [5.41, 5.74) is 0.989. The zero-order valence-corrected chi connectivity index (χ0v) is 15.8. The third kappa shape index (κ3) is 4.40. The number of para-hydroxylation sites is 2. The summed E-state index contributed by atoms with van der Waals surface area (Å²) >= 11 is 0. The van der Waals surface area contributed by atoms with Gasteiger partial charge < -0.3 is 19.1 Å². The number of nitro benzene ring substituents is 1. The van der Waals surface area contributed by atoms with E-state index in [9.17, 15) is 14.9 Å². The number of hydrogen-bond acceptors (Lipinski definition) is 7. The van der Waals surface area contributed by atoms with Crippen LogP contribution in [0.4, 0.5) is 5.69 Å². The number of rotatable bonds is 6. The van der Waals surface area contributed by atoms with E-state index < -0.39 is 4.92 Å². The average molecular weight is 399 g/mol. The van der Waals surface area contributed by atoms with E-state index in [-0.39, 0.29) is 30.7 Å². The number of carbonyl (C=O) groups excluding carboxylic acids is 1. The van der Waals surface area contributed by atoms with Crippen molar-refractivity contribution in [2.45, 2.75) is 6.54 Å². The lowest BCUT2D eigenvalue weighted by Crippen LogP contribution is -2.49. The zero-order valence-electron chi connectivity index (χ0n) is 15.8. The van der Waals surface area contributed by atoms with Crippen LogP contribution in [0.2, 0.25) is 0 Å². The summed E-state index contributed by atoms with van der Waals surface area (Å²) in [6.07, 6.45) is 0. The molecule has 0 bridgehead atoms. The number of benzene rings is 2. The second-order valence-electron chi connectivity index (χ2n) is 6.86. The van der Waals surface area contributed by atoms with Gasteiger partial charge in [-0.15, -0.1) is 0 Å². The van der Waals surface area contributed by atoms with E-state index in [1.54, 1.807) is 17.0 Å². The van der Waals surface area contributed by atoms with Gasteiger partial charge in [-0.1, -0.05) is 18.2 Å². The molecule has 29 heavy (non-hydrogen) atoms. The van der Waals surface area contributed by atoms with Gasteiger partial charge in [-0.05, 0) is 23.8 Å². The molecule has 2 heterocycles. The first kappa shape index (κ1) is 19.0. The van der Waals surface area contributed by atoms with Crippen molar-refractivity contribution in [3.8, 4) is 17.2 Å². The highest BCUT2D eigenvalue weighted by Gasteiger charge is 2.23. The topological polar surface area (TPSA) is 94.4 Å². The second-order valence-corrected chi connectivity index (χ2v) is 6.86. The van der Waals surface area contributed by atoms with E-state index in [4.69, 9.17) is 14.2 Å². The molecule has 1 amide bonds. The summed E-state index contributed by atoms with van der Waals surface area (Å²) < 4.78 is 16.2. The maximum absolute atomic E-state index is 12.4. The Morgan fingerprint density at radius 1 is 1.07 bits per heavy atom. The summed E-state index contributed by atoms with van der Waals surface area (Å²) in [7, 11) is 0. The lowest BCUT2D eigenvalue weighted by molar-refractivity contribution is -0.385. The predicted octanol–water partition coefficient (Wildman–Crippen LogP) is 2.05. The molecule has 2 aliphatic heterocycles. The van der Waals surface area contributed by atoms with Gasteiger partial charge in [-0.3, -0.25) is 19.8 Å². The van der Waals surface area contributed by atoms with E-state index in [0.29, 0.717) is 13.1 Å². The largest absolute Gasteiger partial charge is 0.477 e. The molecule has 0 saturated carbocycles. The van der Waals surface area contributed by atoms with Gasteiger partial charge in [0.25, 0.3) is 5.91 Å². The quantitative estimate of drug-likeness (QED) is 0.542. The van der Waals surface area contributed by atoms with Crippen molar-refractivity contribution in [1.29, 1.82) is 0 Å². The second kappa shape index (κ2) is 8.36. The first-order valence-corrected chi connectivity index (χ1v) is 9.35. The SMILES string of the molecule is O=C(COc1ccccc1[N+](=O)[O-])N1CCN(Cc2ccc3c(c2)OCO3)CC1. The molecule has 0 aromatic heterocycles. The van der Waals surface area contributed by atoms with E-state index in [0.717, 1.165) is 36.7 Å². The van der Waals surface area contributed by atoms with Crippen LogP contribution in [0.15, 0.2) is 42.5 Å². The fourth-order valence-corrected chi connectivity index (χ4v) is 3.41. The van der Waals surface area contributed by atoms with Crippen molar-refractivity contribution >= 4 is 11.6 Å². The van der Waals surface area contributed by atoms with Gasteiger partial charge in [0.15, 0.2) is 23.9 Å². The van der Waals surface area contributed by atoms with Gasteiger partial charge in [0.05, 0.1) is 4.92 Å². The van der Waals surface area contributed by atoms with Crippen molar-refractivity contribution in [1.82, 2.24) is 9.80 Å². The molecule has 1 fully saturated rings. The van der Waals surface area contributed by atoms with Gasteiger partial charge in [0.1, 0.15) is 0 Å². The van der Waals surface area contributed by atoms with Gasteiger partial charge in [0, 0.05) is 38.8 Å². The summed E-state index contributed by atoms with van der Waals surface area (Å²) in [5.74, 6) is 1.46. The van der Waals surface area contributed by atoms with E-state index >= 15 is 0 Å². The minimum absolute atomic E-state index is 0.104. The summed E-state index contributed by atoms with van der Waals surface area (Å²) in [5, 5.41) is 11.0. The molecule has 0 atom stereocenters. The lowest BCUT2D eigenvalue weighted by Gasteiger charge is -2.34. The number of fused-ring (bicyclic) bond motifs is 1. The molecule has 0 aliphatic carbocycles. The van der Waals surface area contributed by atoms with E-state index in [1.807, 2.05) is 18.2 Å². The number of amides is 1. The molecule has 4 rings (SSSR count). The highest BCUT2D eigenvalue weighted by Crippen LogP contribution is 2.33. The Kier molecular flexibility index (Phi) is 5.48. The van der Waals surface area contributed by atoms with Crippen LogP contribution in [0, 0.1) is 10.1 Å². The molecule has 2 aromatic carbocycles. The molecule has 2 aliphatic rings. The molecule has 0 N–H and O–H groups in total. The summed E-state index contributed by atoms with van der Waals surface area (Å²) in [6, 6.07) is 12.0. The number of piperazine rings is 1. The van der Waals surface area contributed by atoms with Crippen LogP contribution in [0.3, 0.4) is 0 Å². The molecule has 152 valence electrons. The predicted molar refractivity (Wildman–Crippen MR) is 103 cm³/mol. The number of nitrogens with zero attached hydrogens (tertiary/aromatic N) is 3. The van der Waals surface area contributed by atoms with Crippen molar-refractivity contribution in [3.63, 3.8) is 0 Å². The fraction of sp³-hybridized carbons (Fsp3) is 0.350. The third-order valence-electron chi connectivity index (χ3n) is 4.98. The highest BCUT2D eigenvalue weighted by molar-refractivity contribution is 5.78. The van der Waals surface area contributed by atoms with E-state index in [2.05, 4.69) is 4.90 Å². The first-order valence-electron chi connectivity index (χ1n) is 9.35. The van der Waals surface area contributed by atoms with Crippen LogP contribution in [0.1, 0.15) is 5.56 Å². The fourth-order valence-electron chi connectivity index (χ4n) is 3.41. The van der Waals surface area contributed by atoms with Crippen molar-refractivity contribution in [2.24, 2.45) is 0 Å². The standard InChI is InChI=1S/C20H21N3O6/c24-20(13-27-17-4-2-1-3-16(17)23(25)26)22-9-7-21(8-10-22)12-15-5-6-18-19(11-15)29-14-28-18/h1-6,11H,7-10,12-14H2. The smallest absolute Gasteiger partial charge is 0.310 e. The first-order chi connectivity index (χ1) is 14.1. The Labute approximate surface area is 167 Å². The number of carbonyl (C=O) groups is 1. The number of ether oxygens (including phenoxy) is 3. The van der Waals surface area contributed by atoms with Crippen LogP contribution < -0.4 is 14.2 Å². The maximum Gasteiger partial charge on any atom is 0.310 e. The Morgan fingerprint density at radius 3 is 2.62 bits per heavy atom. The van der Waals surface area contributed by atoms with Crippen LogP contribution in [-0.2, 0) is 11.3 Å². The van der Waals surface area contributed by atoms with Crippen LogP contribution >= 0.6 is 0 Å². The normalized spacial score (nSPS) is 15.9.